The van der Waals surface area contributed by atoms with Crippen LogP contribution in [0.2, 0.25) is 0 Å². The van der Waals surface area contributed by atoms with Crippen molar-refractivity contribution in [2.75, 3.05) is 13.2 Å². The maximum atomic E-state index is 12.3. The molecule has 4 nitrogen and oxygen atoms in total. The van der Waals surface area contributed by atoms with Crippen molar-refractivity contribution in [3.05, 3.63) is 70.3 Å². The molecule has 0 aliphatic rings. The number of benzene rings is 2. The molecule has 3 rings (SSSR count). The van der Waals surface area contributed by atoms with Crippen molar-refractivity contribution in [1.29, 1.82) is 0 Å². The van der Waals surface area contributed by atoms with E-state index in [1.54, 1.807) is 12.1 Å². The molecule has 2 aromatic carbocycles. The Morgan fingerprint density at radius 3 is 2.50 bits per heavy atom. The van der Waals surface area contributed by atoms with E-state index in [0.717, 1.165) is 22.5 Å². The maximum Gasteiger partial charge on any atom is 0.387 e. The number of ether oxygens (including phenoxy) is 1. The zero-order chi connectivity index (χ0) is 19.8. The van der Waals surface area contributed by atoms with Gasteiger partial charge in [-0.2, -0.15) is 8.78 Å². The monoisotopic (exact) mass is 404 g/mol. The van der Waals surface area contributed by atoms with Gasteiger partial charge in [-0.05, 0) is 48.2 Å². The van der Waals surface area contributed by atoms with Crippen molar-refractivity contribution in [2.24, 2.45) is 4.99 Å². The molecule has 0 spiro atoms. The standard InChI is InChI=1S/C21H22F2N2O2S/c22-20(23)27-18-9-7-17(8-10-18)19-15-28-21(25(19)13-4-14-26)24-12-11-16-5-2-1-3-6-16/h1-3,5-10,15,20,26H,4,11-14H2. The van der Waals surface area contributed by atoms with Gasteiger partial charge < -0.3 is 14.4 Å². The first-order valence-corrected chi connectivity index (χ1v) is 9.94. The van der Waals surface area contributed by atoms with Crippen LogP contribution in [0.4, 0.5) is 8.78 Å². The van der Waals surface area contributed by atoms with Crippen LogP contribution in [0.1, 0.15) is 12.0 Å². The Morgan fingerprint density at radius 1 is 1.07 bits per heavy atom. The molecule has 0 saturated carbocycles. The van der Waals surface area contributed by atoms with E-state index in [9.17, 15) is 13.9 Å². The first kappa shape index (κ1) is 20.2. The highest BCUT2D eigenvalue weighted by molar-refractivity contribution is 7.07. The summed E-state index contributed by atoms with van der Waals surface area (Å²) in [6.45, 7) is -1.44. The number of nitrogens with zero attached hydrogens (tertiary/aromatic N) is 2. The van der Waals surface area contributed by atoms with Gasteiger partial charge in [0.2, 0.25) is 0 Å². The Balaban J connectivity index is 1.82. The van der Waals surface area contributed by atoms with Crippen LogP contribution in [0.3, 0.4) is 0 Å². The molecule has 148 valence electrons. The van der Waals surface area contributed by atoms with Gasteiger partial charge in [0, 0.05) is 25.1 Å². The highest BCUT2D eigenvalue weighted by Crippen LogP contribution is 2.24. The molecule has 0 unspecified atom stereocenters. The van der Waals surface area contributed by atoms with E-state index in [2.05, 4.69) is 21.4 Å². The van der Waals surface area contributed by atoms with E-state index in [-0.39, 0.29) is 12.4 Å². The van der Waals surface area contributed by atoms with Crippen LogP contribution in [-0.4, -0.2) is 29.4 Å². The molecule has 0 bridgehead atoms. The summed E-state index contributed by atoms with van der Waals surface area (Å²) < 4.78 is 31.1. The lowest BCUT2D eigenvalue weighted by Crippen LogP contribution is -2.18. The molecular formula is C21H22F2N2O2S. The van der Waals surface area contributed by atoms with Crippen molar-refractivity contribution in [2.45, 2.75) is 26.0 Å². The predicted molar refractivity (Wildman–Crippen MR) is 107 cm³/mol. The summed E-state index contributed by atoms with van der Waals surface area (Å²) in [7, 11) is 0. The fourth-order valence-electron chi connectivity index (χ4n) is 2.86. The second kappa shape index (κ2) is 10.1. The molecular weight excluding hydrogens is 382 g/mol. The Morgan fingerprint density at radius 2 is 1.82 bits per heavy atom. The summed E-state index contributed by atoms with van der Waals surface area (Å²) in [4.78, 5) is 5.62. The van der Waals surface area contributed by atoms with Gasteiger partial charge in [0.25, 0.3) is 0 Å². The second-order valence-electron chi connectivity index (χ2n) is 6.15. The predicted octanol–water partition coefficient (Wildman–Crippen LogP) is 4.34. The maximum absolute atomic E-state index is 12.3. The Labute approximate surface area is 166 Å². The number of thiazole rings is 1. The highest BCUT2D eigenvalue weighted by Gasteiger charge is 2.09. The van der Waals surface area contributed by atoms with Gasteiger partial charge in [-0.15, -0.1) is 11.3 Å². The van der Waals surface area contributed by atoms with Crippen molar-refractivity contribution in [1.82, 2.24) is 4.57 Å². The molecule has 0 fully saturated rings. The number of rotatable bonds is 9. The van der Waals surface area contributed by atoms with Gasteiger partial charge in [0.05, 0.1) is 5.69 Å². The summed E-state index contributed by atoms with van der Waals surface area (Å²) in [5.41, 5.74) is 3.07. The van der Waals surface area contributed by atoms with Crippen molar-refractivity contribution < 1.29 is 18.6 Å². The number of alkyl halides is 2. The average Bonchev–Trinajstić information content (AvgIpc) is 3.10. The van der Waals surface area contributed by atoms with Crippen LogP contribution in [-0.2, 0) is 13.0 Å². The van der Waals surface area contributed by atoms with Gasteiger partial charge in [0.1, 0.15) is 5.75 Å². The first-order valence-electron chi connectivity index (χ1n) is 9.06. The van der Waals surface area contributed by atoms with Crippen LogP contribution in [0, 0.1) is 0 Å². The van der Waals surface area contributed by atoms with E-state index in [1.807, 2.05) is 23.6 Å². The van der Waals surface area contributed by atoms with E-state index < -0.39 is 6.61 Å². The summed E-state index contributed by atoms with van der Waals surface area (Å²) >= 11 is 1.53. The molecule has 0 amide bonds. The lowest BCUT2D eigenvalue weighted by Gasteiger charge is -2.10. The van der Waals surface area contributed by atoms with Crippen molar-refractivity contribution in [3.8, 4) is 17.0 Å². The Hall–Kier alpha value is -2.51. The third-order valence-corrected chi connectivity index (χ3v) is 5.10. The normalized spacial score (nSPS) is 11.9. The van der Waals surface area contributed by atoms with Gasteiger partial charge in [-0.1, -0.05) is 30.3 Å². The minimum absolute atomic E-state index is 0.0902. The molecule has 0 aliphatic carbocycles. The SMILES string of the molecule is OCCCn1c(-c2ccc(OC(F)F)cc2)csc1=NCCc1ccccc1. The summed E-state index contributed by atoms with van der Waals surface area (Å²) in [5.74, 6) is 0.128. The highest BCUT2D eigenvalue weighted by atomic mass is 32.1. The number of hydrogen-bond acceptors (Lipinski definition) is 4. The van der Waals surface area contributed by atoms with E-state index in [4.69, 9.17) is 4.99 Å². The molecule has 0 saturated heterocycles. The van der Waals surface area contributed by atoms with Gasteiger partial charge in [-0.25, -0.2) is 0 Å². The smallest absolute Gasteiger partial charge is 0.387 e. The van der Waals surface area contributed by atoms with E-state index in [1.165, 1.54) is 29.0 Å². The zero-order valence-electron chi connectivity index (χ0n) is 15.3. The molecule has 1 N–H and O–H groups in total. The number of aliphatic hydroxyl groups excluding tert-OH is 1. The number of halogens is 2. The number of aromatic nitrogens is 1. The Kier molecular flexibility index (Phi) is 7.33. The molecule has 7 heteroatoms. The van der Waals surface area contributed by atoms with Gasteiger partial charge in [0.15, 0.2) is 4.80 Å². The fraction of sp³-hybridized carbons (Fsp3) is 0.286. The molecule has 28 heavy (non-hydrogen) atoms. The summed E-state index contributed by atoms with van der Waals surface area (Å²) in [6, 6.07) is 16.8. The number of aliphatic hydroxyl groups is 1. The van der Waals surface area contributed by atoms with Crippen molar-refractivity contribution >= 4 is 11.3 Å². The molecule has 0 aliphatic heterocycles. The van der Waals surface area contributed by atoms with Crippen LogP contribution in [0.25, 0.3) is 11.3 Å². The minimum atomic E-state index is -2.84. The van der Waals surface area contributed by atoms with Gasteiger partial charge in [-0.3, -0.25) is 4.99 Å². The quantitative estimate of drug-likeness (QED) is 0.577. The lowest BCUT2D eigenvalue weighted by molar-refractivity contribution is -0.0498. The minimum Gasteiger partial charge on any atom is -0.435 e. The topological polar surface area (TPSA) is 46.8 Å². The molecule has 0 atom stereocenters. The average molecular weight is 404 g/mol. The van der Waals surface area contributed by atoms with Crippen LogP contribution >= 0.6 is 11.3 Å². The van der Waals surface area contributed by atoms with E-state index in [0.29, 0.717) is 19.5 Å². The van der Waals surface area contributed by atoms with Crippen molar-refractivity contribution in [3.63, 3.8) is 0 Å². The van der Waals surface area contributed by atoms with Crippen LogP contribution in [0.5, 0.6) is 5.75 Å². The molecule has 1 aromatic heterocycles. The fourth-order valence-corrected chi connectivity index (χ4v) is 3.83. The number of hydrogen-bond donors (Lipinski definition) is 1. The van der Waals surface area contributed by atoms with Gasteiger partial charge >= 0.3 is 6.61 Å². The van der Waals surface area contributed by atoms with Crippen LogP contribution < -0.4 is 9.54 Å². The molecule has 0 radical (unpaired) electrons. The second-order valence-corrected chi connectivity index (χ2v) is 6.99. The summed E-state index contributed by atoms with van der Waals surface area (Å²) in [6.07, 6.45) is 1.47. The van der Waals surface area contributed by atoms with E-state index >= 15 is 0 Å². The largest absolute Gasteiger partial charge is 0.435 e. The third-order valence-electron chi connectivity index (χ3n) is 4.20. The zero-order valence-corrected chi connectivity index (χ0v) is 16.1. The molecule has 3 aromatic rings. The first-order chi connectivity index (χ1) is 13.7. The van der Waals surface area contributed by atoms with Crippen LogP contribution in [0.15, 0.2) is 65.0 Å². The Bertz CT molecular complexity index is 922. The third kappa shape index (κ3) is 5.50. The molecule has 1 heterocycles. The summed E-state index contributed by atoms with van der Waals surface area (Å²) in [5, 5.41) is 11.2. The lowest BCUT2D eigenvalue weighted by atomic mass is 10.1.